The Hall–Kier alpha value is -2.00. The number of nitrogens with zero attached hydrogens (tertiary/aromatic N) is 2. The summed E-state index contributed by atoms with van der Waals surface area (Å²) in [5, 5.41) is 4.84. The second-order valence-electron chi connectivity index (χ2n) is 6.20. The highest BCUT2D eigenvalue weighted by Gasteiger charge is 2.21. The average molecular weight is 422 g/mol. The Morgan fingerprint density at radius 2 is 1.86 bits per heavy atom. The van der Waals surface area contributed by atoms with Gasteiger partial charge in [-0.2, -0.15) is 4.31 Å². The standard InChI is InChI=1S/C20H27N3O3S2/c1-4-13-22(15-18-8-7-14-27-18)16-20(24)21-17-9-11-19(12-10-17)28(25,26)23(5-2)6-3/h4,7-12,14H,1,5-6,13,15-16H2,2-3H3,(H,21,24). The van der Waals surface area contributed by atoms with E-state index in [0.29, 0.717) is 31.9 Å². The van der Waals surface area contributed by atoms with E-state index in [1.165, 1.54) is 21.3 Å². The lowest BCUT2D eigenvalue weighted by molar-refractivity contribution is -0.117. The van der Waals surface area contributed by atoms with Crippen LogP contribution >= 0.6 is 11.3 Å². The number of anilines is 1. The molecule has 0 spiro atoms. The fraction of sp³-hybridized carbons (Fsp3) is 0.350. The van der Waals surface area contributed by atoms with E-state index in [2.05, 4.69) is 11.9 Å². The van der Waals surface area contributed by atoms with Gasteiger partial charge < -0.3 is 5.32 Å². The Bertz CT molecular complexity index is 859. The first-order valence-electron chi connectivity index (χ1n) is 9.16. The molecule has 1 amide bonds. The van der Waals surface area contributed by atoms with Gasteiger partial charge in [0.25, 0.3) is 0 Å². The van der Waals surface area contributed by atoms with Gasteiger partial charge in [-0.15, -0.1) is 17.9 Å². The predicted octanol–water partition coefficient (Wildman–Crippen LogP) is 3.41. The second kappa shape index (κ2) is 10.5. The third-order valence-electron chi connectivity index (χ3n) is 4.20. The average Bonchev–Trinajstić information content (AvgIpc) is 3.16. The monoisotopic (exact) mass is 421 g/mol. The van der Waals surface area contributed by atoms with E-state index in [1.54, 1.807) is 43.4 Å². The molecule has 152 valence electrons. The van der Waals surface area contributed by atoms with Crippen molar-refractivity contribution in [1.82, 2.24) is 9.21 Å². The van der Waals surface area contributed by atoms with Gasteiger partial charge in [0.1, 0.15) is 0 Å². The second-order valence-corrected chi connectivity index (χ2v) is 9.17. The summed E-state index contributed by atoms with van der Waals surface area (Å²) in [6, 6.07) is 10.3. The summed E-state index contributed by atoms with van der Waals surface area (Å²) in [6.45, 7) is 9.71. The molecule has 1 heterocycles. The minimum Gasteiger partial charge on any atom is -0.325 e. The molecule has 0 aliphatic heterocycles. The van der Waals surface area contributed by atoms with Crippen LogP contribution in [0.3, 0.4) is 0 Å². The van der Waals surface area contributed by atoms with E-state index >= 15 is 0 Å². The number of hydrogen-bond acceptors (Lipinski definition) is 5. The van der Waals surface area contributed by atoms with Gasteiger partial charge in [0.2, 0.25) is 15.9 Å². The van der Waals surface area contributed by atoms with Crippen LogP contribution in [-0.4, -0.2) is 49.7 Å². The van der Waals surface area contributed by atoms with Crippen LogP contribution in [0.15, 0.2) is 59.3 Å². The number of rotatable bonds is 11. The normalized spacial score (nSPS) is 11.7. The van der Waals surface area contributed by atoms with Crippen LogP contribution in [-0.2, 0) is 21.4 Å². The van der Waals surface area contributed by atoms with Crippen molar-refractivity contribution in [3.63, 3.8) is 0 Å². The molecule has 8 heteroatoms. The van der Waals surface area contributed by atoms with Crippen molar-refractivity contribution in [3.05, 3.63) is 59.3 Å². The summed E-state index contributed by atoms with van der Waals surface area (Å²) in [5.74, 6) is -0.155. The molecule has 2 rings (SSSR count). The Balaban J connectivity index is 2.00. The van der Waals surface area contributed by atoms with Gasteiger partial charge in [-0.25, -0.2) is 8.42 Å². The summed E-state index contributed by atoms with van der Waals surface area (Å²) in [4.78, 5) is 15.8. The van der Waals surface area contributed by atoms with Crippen molar-refractivity contribution < 1.29 is 13.2 Å². The zero-order chi connectivity index (χ0) is 20.6. The van der Waals surface area contributed by atoms with Crippen molar-refractivity contribution >= 4 is 33.0 Å². The molecule has 0 fully saturated rings. The van der Waals surface area contributed by atoms with Gasteiger partial charge in [0.05, 0.1) is 11.4 Å². The van der Waals surface area contributed by atoms with Crippen LogP contribution in [0.25, 0.3) is 0 Å². The number of benzene rings is 1. The minimum atomic E-state index is -3.50. The molecule has 0 aliphatic rings. The van der Waals surface area contributed by atoms with Crippen LogP contribution < -0.4 is 5.32 Å². The Morgan fingerprint density at radius 1 is 1.18 bits per heavy atom. The zero-order valence-electron chi connectivity index (χ0n) is 16.3. The summed E-state index contributed by atoms with van der Waals surface area (Å²) >= 11 is 1.65. The van der Waals surface area contributed by atoms with E-state index in [9.17, 15) is 13.2 Å². The largest absolute Gasteiger partial charge is 0.325 e. The first-order chi connectivity index (χ1) is 13.4. The van der Waals surface area contributed by atoms with E-state index in [4.69, 9.17) is 0 Å². The molecule has 1 aromatic carbocycles. The third-order valence-corrected chi connectivity index (χ3v) is 7.12. The summed E-state index contributed by atoms with van der Waals surface area (Å²) in [5.41, 5.74) is 0.568. The summed E-state index contributed by atoms with van der Waals surface area (Å²) in [6.07, 6.45) is 1.77. The Kier molecular flexibility index (Phi) is 8.37. The summed E-state index contributed by atoms with van der Waals surface area (Å²) < 4.78 is 26.4. The Labute approximate surface area is 171 Å². The maximum atomic E-state index is 12.5. The van der Waals surface area contributed by atoms with Crippen molar-refractivity contribution in [3.8, 4) is 0 Å². The Morgan fingerprint density at radius 3 is 2.39 bits per heavy atom. The number of amides is 1. The van der Waals surface area contributed by atoms with E-state index < -0.39 is 10.0 Å². The molecule has 0 aliphatic carbocycles. The molecule has 0 saturated carbocycles. The maximum Gasteiger partial charge on any atom is 0.243 e. The van der Waals surface area contributed by atoms with Gasteiger partial charge in [0, 0.05) is 36.7 Å². The lowest BCUT2D eigenvalue weighted by Crippen LogP contribution is -2.33. The maximum absolute atomic E-state index is 12.5. The molecule has 2 aromatic rings. The number of sulfonamides is 1. The van der Waals surface area contributed by atoms with Gasteiger partial charge in [-0.3, -0.25) is 9.69 Å². The first-order valence-corrected chi connectivity index (χ1v) is 11.5. The van der Waals surface area contributed by atoms with Crippen LogP contribution in [0, 0.1) is 0 Å². The van der Waals surface area contributed by atoms with Gasteiger partial charge in [-0.1, -0.05) is 26.0 Å². The van der Waals surface area contributed by atoms with E-state index in [0.717, 1.165) is 0 Å². The van der Waals surface area contributed by atoms with E-state index in [1.807, 2.05) is 22.4 Å². The van der Waals surface area contributed by atoms with Crippen molar-refractivity contribution in [2.75, 3.05) is 31.5 Å². The van der Waals surface area contributed by atoms with Gasteiger partial charge in [0.15, 0.2) is 0 Å². The van der Waals surface area contributed by atoms with Crippen LogP contribution in [0.5, 0.6) is 0 Å². The third kappa shape index (κ3) is 6.00. The SMILES string of the molecule is C=CCN(CC(=O)Nc1ccc(S(=O)(=O)N(CC)CC)cc1)Cc1cccs1. The zero-order valence-corrected chi connectivity index (χ0v) is 17.9. The van der Waals surface area contributed by atoms with Crippen molar-refractivity contribution in [2.24, 2.45) is 0 Å². The smallest absolute Gasteiger partial charge is 0.243 e. The highest BCUT2D eigenvalue weighted by molar-refractivity contribution is 7.89. The number of nitrogens with one attached hydrogen (secondary N) is 1. The van der Waals surface area contributed by atoms with E-state index in [-0.39, 0.29) is 17.3 Å². The van der Waals surface area contributed by atoms with Gasteiger partial charge in [-0.05, 0) is 35.7 Å². The lowest BCUT2D eigenvalue weighted by Gasteiger charge is -2.20. The van der Waals surface area contributed by atoms with Crippen LogP contribution in [0.1, 0.15) is 18.7 Å². The number of hydrogen-bond donors (Lipinski definition) is 1. The highest BCUT2D eigenvalue weighted by atomic mass is 32.2. The molecular formula is C20H27N3O3S2. The molecule has 1 N–H and O–H groups in total. The minimum absolute atomic E-state index is 0.155. The lowest BCUT2D eigenvalue weighted by atomic mass is 10.3. The van der Waals surface area contributed by atoms with Crippen molar-refractivity contribution in [1.29, 1.82) is 0 Å². The van der Waals surface area contributed by atoms with Crippen LogP contribution in [0.4, 0.5) is 5.69 Å². The topological polar surface area (TPSA) is 69.7 Å². The van der Waals surface area contributed by atoms with Crippen molar-refractivity contribution in [2.45, 2.75) is 25.3 Å². The highest BCUT2D eigenvalue weighted by Crippen LogP contribution is 2.18. The number of carbonyl (C=O) groups is 1. The molecule has 28 heavy (non-hydrogen) atoms. The molecule has 0 unspecified atom stereocenters. The quantitative estimate of drug-likeness (QED) is 0.565. The van der Waals surface area contributed by atoms with Crippen LogP contribution in [0.2, 0.25) is 0 Å². The molecule has 1 aromatic heterocycles. The number of carbonyl (C=O) groups excluding carboxylic acids is 1. The molecule has 0 bridgehead atoms. The van der Waals surface area contributed by atoms with Gasteiger partial charge >= 0.3 is 0 Å². The fourth-order valence-corrected chi connectivity index (χ4v) is 5.02. The molecule has 0 atom stereocenters. The molecule has 6 nitrogen and oxygen atoms in total. The predicted molar refractivity (Wildman–Crippen MR) is 115 cm³/mol. The molecule has 0 radical (unpaired) electrons. The molecule has 0 saturated heterocycles. The summed E-state index contributed by atoms with van der Waals surface area (Å²) in [7, 11) is -3.50. The fourth-order valence-electron chi connectivity index (χ4n) is 2.82. The number of thiophene rings is 1. The molecular weight excluding hydrogens is 394 g/mol. The first kappa shape index (κ1) is 22.3.